The second-order valence-electron chi connectivity index (χ2n) is 11.7. The number of pyridine rings is 1. The van der Waals surface area contributed by atoms with Crippen LogP contribution >= 0.6 is 0 Å². The SMILES string of the molecule is O=c1oc2ccccc2c2ccn(-c3ccc(-n4c5ccc(-c6ccccc6)cc5c5cc(-c6ccccc6)ccc54)cc3)c(=O)c12. The number of fused-ring (bicyclic) bond motifs is 6. The Hall–Kier alpha value is -6.46. The molecule has 0 aliphatic rings. The molecule has 0 saturated heterocycles. The molecule has 0 fully saturated rings. The first kappa shape index (κ1) is 26.9. The van der Waals surface area contributed by atoms with Gasteiger partial charge in [-0.2, -0.15) is 0 Å². The van der Waals surface area contributed by atoms with Crippen molar-refractivity contribution in [2.75, 3.05) is 0 Å². The number of benzene rings is 6. The summed E-state index contributed by atoms with van der Waals surface area (Å²) in [5.74, 6) is 0. The van der Waals surface area contributed by atoms with Crippen LogP contribution < -0.4 is 11.2 Å². The van der Waals surface area contributed by atoms with Gasteiger partial charge in [-0.3, -0.25) is 9.36 Å². The van der Waals surface area contributed by atoms with Crippen LogP contribution in [0.5, 0.6) is 0 Å². The molecule has 5 nitrogen and oxygen atoms in total. The van der Waals surface area contributed by atoms with E-state index in [4.69, 9.17) is 4.42 Å². The summed E-state index contributed by atoms with van der Waals surface area (Å²) in [6.07, 6.45) is 1.72. The lowest BCUT2D eigenvalue weighted by atomic mass is 10.0. The van der Waals surface area contributed by atoms with E-state index < -0.39 is 11.2 Å². The molecule has 5 heteroatoms. The van der Waals surface area contributed by atoms with E-state index in [1.54, 1.807) is 18.3 Å². The van der Waals surface area contributed by atoms with Gasteiger partial charge in [-0.15, -0.1) is 0 Å². The average Bonchev–Trinajstić information content (AvgIpc) is 3.45. The Morgan fingerprint density at radius 3 is 1.62 bits per heavy atom. The van der Waals surface area contributed by atoms with Crippen molar-refractivity contribution in [2.24, 2.45) is 0 Å². The van der Waals surface area contributed by atoms with Crippen LogP contribution in [-0.4, -0.2) is 9.13 Å². The summed E-state index contributed by atoms with van der Waals surface area (Å²) >= 11 is 0. The normalized spacial score (nSPS) is 11.6. The maximum absolute atomic E-state index is 13.7. The van der Waals surface area contributed by atoms with E-state index in [2.05, 4.69) is 89.5 Å². The van der Waals surface area contributed by atoms with Crippen molar-refractivity contribution < 1.29 is 4.42 Å². The quantitative estimate of drug-likeness (QED) is 0.148. The maximum atomic E-state index is 13.7. The van der Waals surface area contributed by atoms with Crippen LogP contribution in [-0.2, 0) is 0 Å². The molecule has 9 aromatic rings. The largest absolute Gasteiger partial charge is 0.422 e. The summed E-state index contributed by atoms with van der Waals surface area (Å²) < 4.78 is 9.27. The average molecular weight is 607 g/mol. The van der Waals surface area contributed by atoms with Gasteiger partial charge in [-0.25, -0.2) is 4.79 Å². The van der Waals surface area contributed by atoms with Gasteiger partial charge in [-0.1, -0.05) is 91.0 Å². The maximum Gasteiger partial charge on any atom is 0.349 e. The van der Waals surface area contributed by atoms with Crippen molar-refractivity contribution in [3.05, 3.63) is 179 Å². The summed E-state index contributed by atoms with van der Waals surface area (Å²) in [6, 6.07) is 51.1. The summed E-state index contributed by atoms with van der Waals surface area (Å²) in [5.41, 5.74) is 7.87. The predicted molar refractivity (Wildman–Crippen MR) is 191 cm³/mol. The summed E-state index contributed by atoms with van der Waals surface area (Å²) in [5, 5.41) is 3.69. The highest BCUT2D eigenvalue weighted by molar-refractivity contribution is 6.11. The molecule has 0 aliphatic heterocycles. The van der Waals surface area contributed by atoms with Crippen molar-refractivity contribution in [2.45, 2.75) is 0 Å². The minimum absolute atomic E-state index is 0.0427. The van der Waals surface area contributed by atoms with E-state index in [0.717, 1.165) is 44.0 Å². The Labute approximate surface area is 268 Å². The van der Waals surface area contributed by atoms with Gasteiger partial charge in [0.2, 0.25) is 0 Å². The molecule has 0 aliphatic carbocycles. The molecule has 9 rings (SSSR count). The van der Waals surface area contributed by atoms with Crippen LogP contribution in [0.15, 0.2) is 172 Å². The van der Waals surface area contributed by atoms with E-state index in [-0.39, 0.29) is 5.39 Å². The third-order valence-electron chi connectivity index (χ3n) is 9.04. The van der Waals surface area contributed by atoms with Gasteiger partial charge >= 0.3 is 5.63 Å². The van der Waals surface area contributed by atoms with E-state index in [9.17, 15) is 9.59 Å². The monoisotopic (exact) mass is 606 g/mol. The fourth-order valence-corrected chi connectivity index (χ4v) is 6.77. The van der Waals surface area contributed by atoms with Gasteiger partial charge in [0.05, 0.1) is 11.0 Å². The van der Waals surface area contributed by atoms with Crippen molar-refractivity contribution in [3.8, 4) is 33.6 Å². The van der Waals surface area contributed by atoms with Crippen molar-refractivity contribution in [1.29, 1.82) is 0 Å². The molecule has 3 aromatic heterocycles. The number of rotatable bonds is 4. The highest BCUT2D eigenvalue weighted by atomic mass is 16.4. The van der Waals surface area contributed by atoms with Gasteiger partial charge in [0.25, 0.3) is 5.56 Å². The van der Waals surface area contributed by atoms with Crippen LogP contribution in [0.4, 0.5) is 0 Å². The highest BCUT2D eigenvalue weighted by Crippen LogP contribution is 2.37. The molecule has 0 spiro atoms. The molecular formula is C42H26N2O3. The van der Waals surface area contributed by atoms with Crippen LogP contribution in [0, 0.1) is 0 Å². The zero-order chi connectivity index (χ0) is 31.5. The molecule has 0 unspecified atom stereocenters. The molecule has 6 aromatic carbocycles. The van der Waals surface area contributed by atoms with E-state index in [1.807, 2.05) is 54.6 Å². The van der Waals surface area contributed by atoms with E-state index >= 15 is 0 Å². The fourth-order valence-electron chi connectivity index (χ4n) is 6.77. The van der Waals surface area contributed by atoms with Gasteiger partial charge in [-0.05, 0) is 82.9 Å². The topological polar surface area (TPSA) is 57.1 Å². The van der Waals surface area contributed by atoms with Gasteiger partial charge in [0.15, 0.2) is 0 Å². The van der Waals surface area contributed by atoms with Gasteiger partial charge < -0.3 is 8.98 Å². The second-order valence-corrected chi connectivity index (χ2v) is 11.7. The number of hydrogen-bond donors (Lipinski definition) is 0. The van der Waals surface area contributed by atoms with Crippen LogP contribution in [0.3, 0.4) is 0 Å². The summed E-state index contributed by atoms with van der Waals surface area (Å²) in [7, 11) is 0. The Bertz CT molecular complexity index is 2660. The molecule has 222 valence electrons. The fraction of sp³-hybridized carbons (Fsp3) is 0. The number of para-hydroxylation sites is 1. The van der Waals surface area contributed by atoms with Crippen molar-refractivity contribution >= 4 is 43.5 Å². The highest BCUT2D eigenvalue weighted by Gasteiger charge is 2.16. The van der Waals surface area contributed by atoms with Crippen molar-refractivity contribution in [1.82, 2.24) is 9.13 Å². The van der Waals surface area contributed by atoms with Crippen molar-refractivity contribution in [3.63, 3.8) is 0 Å². The van der Waals surface area contributed by atoms with Crippen LogP contribution in [0.25, 0.3) is 77.2 Å². The molecule has 0 radical (unpaired) electrons. The number of hydrogen-bond acceptors (Lipinski definition) is 3. The summed E-state index contributed by atoms with van der Waals surface area (Å²) in [6.45, 7) is 0. The first-order valence-corrected chi connectivity index (χ1v) is 15.5. The van der Waals surface area contributed by atoms with Gasteiger partial charge in [0, 0.05) is 39.1 Å². The van der Waals surface area contributed by atoms with E-state index in [0.29, 0.717) is 16.7 Å². The molecule has 0 N–H and O–H groups in total. The lowest BCUT2D eigenvalue weighted by Gasteiger charge is -2.12. The van der Waals surface area contributed by atoms with Crippen LogP contribution in [0.1, 0.15) is 0 Å². The Morgan fingerprint density at radius 1 is 0.447 bits per heavy atom. The second kappa shape index (κ2) is 10.6. The smallest absolute Gasteiger partial charge is 0.349 e. The first-order valence-electron chi connectivity index (χ1n) is 15.5. The van der Waals surface area contributed by atoms with Gasteiger partial charge in [0.1, 0.15) is 11.0 Å². The molecule has 0 atom stereocenters. The zero-order valence-corrected chi connectivity index (χ0v) is 25.1. The predicted octanol–water partition coefficient (Wildman–Crippen LogP) is 9.53. The molecule has 3 heterocycles. The lowest BCUT2D eigenvalue weighted by molar-refractivity contribution is 0.568. The third kappa shape index (κ3) is 4.32. The third-order valence-corrected chi connectivity index (χ3v) is 9.04. The molecule has 0 saturated carbocycles. The zero-order valence-electron chi connectivity index (χ0n) is 25.1. The molecular weight excluding hydrogens is 580 g/mol. The molecule has 47 heavy (non-hydrogen) atoms. The minimum atomic E-state index is -0.635. The lowest BCUT2D eigenvalue weighted by Crippen LogP contribution is -2.22. The van der Waals surface area contributed by atoms with Crippen LogP contribution in [0.2, 0.25) is 0 Å². The first-order chi connectivity index (χ1) is 23.1. The van der Waals surface area contributed by atoms with E-state index in [1.165, 1.54) is 15.7 Å². The number of nitrogens with zero attached hydrogens (tertiary/aromatic N) is 2. The molecule has 0 amide bonds. The Balaban J connectivity index is 1.21. The Morgan fingerprint density at radius 2 is 1.00 bits per heavy atom. The standard InChI is InChI=1S/C42H26N2O3/c45-41-40-34(33-13-7-8-14-39(33)47-42(40)46)23-24-43(41)31-17-19-32(20-18-31)44-37-21-15-29(27-9-3-1-4-10-27)25-35(37)36-26-30(16-22-38(36)44)28-11-5-2-6-12-28/h1-26H. The number of aromatic nitrogens is 2. The summed E-state index contributed by atoms with van der Waals surface area (Å²) in [4.78, 5) is 26.6. The Kier molecular flexibility index (Phi) is 6.05. The molecule has 0 bridgehead atoms. The minimum Gasteiger partial charge on any atom is -0.422 e.